The number of amides is 3. The minimum atomic E-state index is -0.363. The summed E-state index contributed by atoms with van der Waals surface area (Å²) < 4.78 is 30.9. The van der Waals surface area contributed by atoms with Crippen molar-refractivity contribution in [1.82, 2.24) is 14.7 Å². The normalized spacial score (nSPS) is 15.7. The average molecular weight is 605 g/mol. The van der Waals surface area contributed by atoms with Crippen LogP contribution in [-0.4, -0.2) is 85.7 Å². The summed E-state index contributed by atoms with van der Waals surface area (Å²) in [5, 5.41) is 3.00. The molecule has 3 amide bonds. The van der Waals surface area contributed by atoms with Gasteiger partial charge in [0.15, 0.2) is 0 Å². The Morgan fingerprint density at radius 3 is 1.91 bits per heavy atom. The van der Waals surface area contributed by atoms with E-state index in [2.05, 4.69) is 24.1 Å². The fourth-order valence-corrected chi connectivity index (χ4v) is 5.40. The number of benzene rings is 3. The number of nitrogens with zero attached hydrogens (tertiary/aromatic N) is 3. The molecule has 3 aromatic rings. The van der Waals surface area contributed by atoms with Crippen molar-refractivity contribution in [3.05, 3.63) is 78.1 Å². The molecule has 3 aromatic carbocycles. The van der Waals surface area contributed by atoms with Crippen LogP contribution in [0.3, 0.4) is 0 Å². The molecule has 0 spiro atoms. The maximum absolute atomic E-state index is 13.5. The van der Waals surface area contributed by atoms with Crippen LogP contribution in [0.15, 0.2) is 66.7 Å². The summed E-state index contributed by atoms with van der Waals surface area (Å²) in [5.74, 6) is 2.09. The van der Waals surface area contributed by atoms with Gasteiger partial charge in [-0.15, -0.1) is 0 Å². The van der Waals surface area contributed by atoms with E-state index in [0.717, 1.165) is 32.5 Å². The molecule has 2 aliphatic heterocycles. The smallest absolute Gasteiger partial charge is 0.321 e. The van der Waals surface area contributed by atoms with Crippen molar-refractivity contribution in [2.75, 3.05) is 64.3 Å². The van der Waals surface area contributed by atoms with E-state index in [1.54, 1.807) is 47.4 Å². The van der Waals surface area contributed by atoms with Crippen LogP contribution >= 0.6 is 0 Å². The monoisotopic (exact) mass is 604 g/mol. The highest BCUT2D eigenvalue weighted by Crippen LogP contribution is 2.33. The zero-order valence-corrected chi connectivity index (χ0v) is 25.5. The topological polar surface area (TPSA) is 83.6 Å². The highest BCUT2D eigenvalue weighted by atomic mass is 19.1. The second kappa shape index (κ2) is 15.0. The van der Waals surface area contributed by atoms with Crippen LogP contribution in [-0.2, 0) is 4.74 Å². The number of carbonyl (C=O) groups excluding carboxylic acids is 2. The van der Waals surface area contributed by atoms with Gasteiger partial charge in [-0.2, -0.15) is 0 Å². The minimum Gasteiger partial charge on any atom is -0.457 e. The number of piperazine rings is 1. The Kier molecular flexibility index (Phi) is 10.7. The standard InChI is InChI=1S/C34H41FN4O5/c1-3-25(4-2)24-37-13-15-39(16-14-37)34(41)36-28-21-31(23-32(22-28)44-30-11-7-27(35)8-12-30)43-29-9-5-26(6-10-29)33(40)38-17-19-42-20-18-38/h5-12,21-23,25H,3-4,13-20,24H2,1-2H3,(H,36,41). The van der Waals surface area contributed by atoms with Gasteiger partial charge >= 0.3 is 6.03 Å². The molecule has 0 saturated carbocycles. The molecule has 0 unspecified atom stereocenters. The molecule has 0 atom stereocenters. The number of rotatable bonds is 10. The molecule has 10 heteroatoms. The molecule has 0 radical (unpaired) electrons. The number of halogens is 1. The predicted molar refractivity (Wildman–Crippen MR) is 167 cm³/mol. The van der Waals surface area contributed by atoms with Crippen molar-refractivity contribution in [2.45, 2.75) is 26.7 Å². The van der Waals surface area contributed by atoms with Gasteiger partial charge in [0.25, 0.3) is 5.91 Å². The van der Waals surface area contributed by atoms with E-state index in [1.165, 1.54) is 24.3 Å². The second-order valence-corrected chi connectivity index (χ2v) is 11.2. The molecule has 0 aliphatic carbocycles. The summed E-state index contributed by atoms with van der Waals surface area (Å²) in [6.45, 7) is 10.7. The van der Waals surface area contributed by atoms with Crippen molar-refractivity contribution in [1.29, 1.82) is 0 Å². The third kappa shape index (κ3) is 8.48. The maximum atomic E-state index is 13.5. The molecule has 234 valence electrons. The molecular formula is C34H41FN4O5. The quantitative estimate of drug-likeness (QED) is 0.286. The zero-order valence-electron chi connectivity index (χ0n) is 25.5. The van der Waals surface area contributed by atoms with E-state index in [9.17, 15) is 14.0 Å². The summed E-state index contributed by atoms with van der Waals surface area (Å²) in [6, 6.07) is 17.6. The van der Waals surface area contributed by atoms with Crippen LogP contribution in [0, 0.1) is 11.7 Å². The van der Waals surface area contributed by atoms with E-state index in [-0.39, 0.29) is 17.8 Å². The fourth-order valence-electron chi connectivity index (χ4n) is 5.40. The Morgan fingerprint density at radius 1 is 0.773 bits per heavy atom. The lowest BCUT2D eigenvalue weighted by Gasteiger charge is -2.36. The summed E-state index contributed by atoms with van der Waals surface area (Å²) in [6.07, 6.45) is 2.32. The van der Waals surface area contributed by atoms with E-state index in [1.807, 2.05) is 4.90 Å². The molecule has 9 nitrogen and oxygen atoms in total. The Balaban J connectivity index is 1.28. The van der Waals surface area contributed by atoms with Crippen molar-refractivity contribution in [3.63, 3.8) is 0 Å². The molecule has 0 bridgehead atoms. The van der Waals surface area contributed by atoms with Gasteiger partial charge in [-0.25, -0.2) is 9.18 Å². The molecule has 5 rings (SSSR count). The number of morpholine rings is 1. The van der Waals surface area contributed by atoms with Gasteiger partial charge in [0.05, 0.1) is 13.2 Å². The Bertz CT molecular complexity index is 1380. The maximum Gasteiger partial charge on any atom is 0.321 e. The van der Waals surface area contributed by atoms with Crippen LogP contribution in [0.25, 0.3) is 0 Å². The van der Waals surface area contributed by atoms with Crippen molar-refractivity contribution >= 4 is 17.6 Å². The van der Waals surface area contributed by atoms with Gasteiger partial charge in [0.1, 0.15) is 28.8 Å². The summed E-state index contributed by atoms with van der Waals surface area (Å²) >= 11 is 0. The fraction of sp³-hybridized carbons (Fsp3) is 0.412. The van der Waals surface area contributed by atoms with Crippen molar-refractivity contribution < 1.29 is 28.2 Å². The summed E-state index contributed by atoms with van der Waals surface area (Å²) in [5.41, 5.74) is 1.07. The predicted octanol–water partition coefficient (Wildman–Crippen LogP) is 6.47. The highest BCUT2D eigenvalue weighted by Gasteiger charge is 2.23. The van der Waals surface area contributed by atoms with E-state index >= 15 is 0 Å². The largest absolute Gasteiger partial charge is 0.457 e. The SMILES string of the molecule is CCC(CC)CN1CCN(C(=O)Nc2cc(Oc3ccc(F)cc3)cc(Oc3ccc(C(=O)N4CCOCC4)cc3)c2)CC1. The van der Waals surface area contributed by atoms with E-state index in [4.69, 9.17) is 14.2 Å². The number of carbonyl (C=O) groups is 2. The van der Waals surface area contributed by atoms with Crippen molar-refractivity contribution in [3.8, 4) is 23.0 Å². The number of anilines is 1. The number of ether oxygens (including phenoxy) is 3. The first kappa shape index (κ1) is 31.3. The van der Waals surface area contributed by atoms with E-state index in [0.29, 0.717) is 79.6 Å². The number of urea groups is 1. The first-order chi connectivity index (χ1) is 21.4. The third-order valence-electron chi connectivity index (χ3n) is 8.15. The van der Waals surface area contributed by atoms with Crippen LogP contribution in [0.2, 0.25) is 0 Å². The van der Waals surface area contributed by atoms with Crippen LogP contribution in [0.5, 0.6) is 23.0 Å². The van der Waals surface area contributed by atoms with Gasteiger partial charge in [-0.3, -0.25) is 9.69 Å². The van der Waals surface area contributed by atoms with Crippen LogP contribution in [0.1, 0.15) is 37.0 Å². The van der Waals surface area contributed by atoms with Gasteiger partial charge in [0.2, 0.25) is 0 Å². The molecule has 0 aromatic heterocycles. The average Bonchev–Trinajstić information content (AvgIpc) is 3.05. The highest BCUT2D eigenvalue weighted by molar-refractivity contribution is 5.94. The summed E-state index contributed by atoms with van der Waals surface area (Å²) in [7, 11) is 0. The first-order valence-electron chi connectivity index (χ1n) is 15.4. The lowest BCUT2D eigenvalue weighted by molar-refractivity contribution is 0.0303. The molecule has 2 heterocycles. The van der Waals surface area contributed by atoms with Gasteiger partial charge in [0, 0.05) is 75.3 Å². The molecule has 2 fully saturated rings. The van der Waals surface area contributed by atoms with Gasteiger partial charge in [-0.05, 0) is 54.4 Å². The van der Waals surface area contributed by atoms with Crippen LogP contribution in [0.4, 0.5) is 14.9 Å². The lowest BCUT2D eigenvalue weighted by Crippen LogP contribution is -2.50. The van der Waals surface area contributed by atoms with Crippen molar-refractivity contribution in [2.24, 2.45) is 5.92 Å². The second-order valence-electron chi connectivity index (χ2n) is 11.2. The molecule has 1 N–H and O–H groups in total. The number of nitrogens with one attached hydrogen (secondary N) is 1. The minimum absolute atomic E-state index is 0.0454. The number of hydrogen-bond donors (Lipinski definition) is 1. The van der Waals surface area contributed by atoms with Gasteiger partial charge in [-0.1, -0.05) is 26.7 Å². The van der Waals surface area contributed by atoms with Gasteiger partial charge < -0.3 is 29.3 Å². The number of hydrogen-bond acceptors (Lipinski definition) is 6. The lowest BCUT2D eigenvalue weighted by atomic mass is 10.0. The first-order valence-corrected chi connectivity index (χ1v) is 15.4. The molecule has 44 heavy (non-hydrogen) atoms. The molecule has 2 saturated heterocycles. The van der Waals surface area contributed by atoms with Crippen LogP contribution < -0.4 is 14.8 Å². The zero-order chi connectivity index (χ0) is 30.9. The Hall–Kier alpha value is -4.15. The molecular weight excluding hydrogens is 563 g/mol. The Labute approximate surface area is 258 Å². The van der Waals surface area contributed by atoms with E-state index < -0.39 is 0 Å². The third-order valence-corrected chi connectivity index (χ3v) is 8.15. The molecule has 2 aliphatic rings. The Morgan fingerprint density at radius 2 is 1.34 bits per heavy atom. The summed E-state index contributed by atoms with van der Waals surface area (Å²) in [4.78, 5) is 32.1.